The van der Waals surface area contributed by atoms with Crippen molar-refractivity contribution in [2.75, 3.05) is 26.9 Å². The number of hydrogen-bond donors (Lipinski definition) is 1. The number of carbonyl (C=O) groups is 1. The Morgan fingerprint density at radius 2 is 2.00 bits per heavy atom. The number of halogens is 2. The molecule has 1 N–H and O–H groups in total. The summed E-state index contributed by atoms with van der Waals surface area (Å²) in [4.78, 5) is 12.6. The molecule has 0 saturated heterocycles. The minimum Gasteiger partial charge on any atom is -0.481 e. The number of terminal acetylenes is 1. The van der Waals surface area contributed by atoms with Crippen molar-refractivity contribution in [3.8, 4) is 30.1 Å². The highest BCUT2D eigenvalue weighted by Crippen LogP contribution is 2.23. The Morgan fingerprint density at radius 1 is 1.23 bits per heavy atom. The number of methoxy groups -OCH3 is 1. The van der Waals surface area contributed by atoms with Crippen molar-refractivity contribution in [1.82, 2.24) is 5.32 Å². The van der Waals surface area contributed by atoms with Crippen LogP contribution in [0.15, 0.2) is 42.5 Å². The minimum absolute atomic E-state index is 0.0662. The van der Waals surface area contributed by atoms with Crippen LogP contribution in [0, 0.1) is 30.2 Å². The van der Waals surface area contributed by atoms with E-state index >= 15 is 0 Å². The molecule has 0 fully saturated rings. The molecule has 0 radical (unpaired) electrons. The molecule has 0 spiro atoms. The number of benzene rings is 2. The maximum absolute atomic E-state index is 13.4. The lowest BCUT2D eigenvalue weighted by Crippen LogP contribution is -2.32. The fourth-order valence-electron chi connectivity index (χ4n) is 2.53. The first-order valence-corrected chi connectivity index (χ1v) is 9.43. The Kier molecular flexibility index (Phi) is 9.54. The van der Waals surface area contributed by atoms with E-state index in [9.17, 15) is 9.18 Å². The van der Waals surface area contributed by atoms with Gasteiger partial charge in [0.25, 0.3) is 5.91 Å². The number of nitrogens with one attached hydrogen (secondary N) is 1. The van der Waals surface area contributed by atoms with Crippen LogP contribution in [0.5, 0.6) is 5.75 Å². The molecular weight excluding hydrogens is 409 g/mol. The molecule has 0 aromatic heterocycles. The molecule has 156 valence electrons. The fourth-order valence-corrected chi connectivity index (χ4v) is 2.72. The van der Waals surface area contributed by atoms with E-state index < -0.39 is 11.9 Å². The largest absolute Gasteiger partial charge is 0.481 e. The summed E-state index contributed by atoms with van der Waals surface area (Å²) in [5.41, 5.74) is 1.43. The van der Waals surface area contributed by atoms with Gasteiger partial charge in [0.1, 0.15) is 24.3 Å². The molecule has 5 nitrogen and oxygen atoms in total. The van der Waals surface area contributed by atoms with Gasteiger partial charge in [-0.05, 0) is 47.7 Å². The molecule has 0 bridgehead atoms. The zero-order valence-corrected chi connectivity index (χ0v) is 17.2. The molecule has 0 aliphatic heterocycles. The maximum Gasteiger partial charge on any atom is 0.253 e. The van der Waals surface area contributed by atoms with Gasteiger partial charge in [-0.15, -0.1) is 6.42 Å². The smallest absolute Gasteiger partial charge is 0.253 e. The highest BCUT2D eigenvalue weighted by Gasteiger charge is 2.22. The Hall–Kier alpha value is -3.19. The zero-order chi connectivity index (χ0) is 21.8. The Balaban J connectivity index is 1.90. The van der Waals surface area contributed by atoms with Gasteiger partial charge in [0.2, 0.25) is 0 Å². The fraction of sp³-hybridized carbons (Fsp3) is 0.261. The summed E-state index contributed by atoms with van der Waals surface area (Å²) < 4.78 is 28.9. The van der Waals surface area contributed by atoms with Gasteiger partial charge in [0, 0.05) is 6.54 Å². The molecule has 0 aliphatic carbocycles. The summed E-state index contributed by atoms with van der Waals surface area (Å²) >= 11 is 5.81. The van der Waals surface area contributed by atoms with E-state index in [-0.39, 0.29) is 24.1 Å². The lowest BCUT2D eigenvalue weighted by atomic mass is 10.1. The molecule has 2 rings (SSSR count). The SMILES string of the molecule is C#CCOC(C(=O)NCCc1ccc(OCC#COC)cc1)c1ccc(F)c(Cl)c1. The minimum atomic E-state index is -0.983. The van der Waals surface area contributed by atoms with Gasteiger partial charge in [-0.3, -0.25) is 4.79 Å². The quantitative estimate of drug-likeness (QED) is 0.620. The van der Waals surface area contributed by atoms with E-state index in [4.69, 9.17) is 27.5 Å². The third kappa shape index (κ3) is 7.33. The van der Waals surface area contributed by atoms with Gasteiger partial charge < -0.3 is 19.5 Å². The highest BCUT2D eigenvalue weighted by molar-refractivity contribution is 6.30. The van der Waals surface area contributed by atoms with Crippen LogP contribution in [0.1, 0.15) is 17.2 Å². The van der Waals surface area contributed by atoms with Crippen LogP contribution in [0.25, 0.3) is 0 Å². The standard InChI is InChI=1S/C23H21ClFNO4/c1-3-13-30-22(18-7-10-21(25)20(24)16-18)23(27)26-12-11-17-5-8-19(9-6-17)29-15-4-14-28-2/h1,5-10,16,22H,11-13,15H2,2H3,(H,26,27). The van der Waals surface area contributed by atoms with Crippen LogP contribution in [-0.2, 0) is 20.7 Å². The van der Waals surface area contributed by atoms with Crippen LogP contribution in [0.3, 0.4) is 0 Å². The average molecular weight is 430 g/mol. The van der Waals surface area contributed by atoms with E-state index in [1.807, 2.05) is 24.3 Å². The second-order valence-electron chi connectivity index (χ2n) is 6.03. The van der Waals surface area contributed by atoms with Gasteiger partial charge in [0.15, 0.2) is 12.7 Å². The number of ether oxygens (including phenoxy) is 3. The summed E-state index contributed by atoms with van der Waals surface area (Å²) in [7, 11) is 1.48. The first-order chi connectivity index (χ1) is 14.5. The van der Waals surface area contributed by atoms with Crippen LogP contribution in [0.2, 0.25) is 5.02 Å². The van der Waals surface area contributed by atoms with Gasteiger partial charge in [0.05, 0.1) is 12.1 Å². The lowest BCUT2D eigenvalue weighted by molar-refractivity contribution is -0.132. The third-order valence-corrected chi connectivity index (χ3v) is 4.23. The predicted molar refractivity (Wildman–Crippen MR) is 112 cm³/mol. The molecule has 2 aromatic rings. The van der Waals surface area contributed by atoms with Crippen LogP contribution in [0.4, 0.5) is 4.39 Å². The van der Waals surface area contributed by atoms with Crippen molar-refractivity contribution >= 4 is 17.5 Å². The molecular formula is C23H21ClFNO4. The average Bonchev–Trinajstić information content (AvgIpc) is 2.75. The molecule has 0 aliphatic rings. The number of carbonyl (C=O) groups excluding carboxylic acids is 1. The van der Waals surface area contributed by atoms with E-state index in [0.29, 0.717) is 24.3 Å². The van der Waals surface area contributed by atoms with Crippen molar-refractivity contribution in [3.63, 3.8) is 0 Å². The van der Waals surface area contributed by atoms with Crippen molar-refractivity contribution < 1.29 is 23.4 Å². The molecule has 2 aromatic carbocycles. The number of hydrogen-bond acceptors (Lipinski definition) is 4. The first kappa shape index (κ1) is 23.1. The first-order valence-electron chi connectivity index (χ1n) is 9.05. The van der Waals surface area contributed by atoms with Crippen LogP contribution < -0.4 is 10.1 Å². The molecule has 30 heavy (non-hydrogen) atoms. The maximum atomic E-state index is 13.4. The topological polar surface area (TPSA) is 56.8 Å². The monoisotopic (exact) mass is 429 g/mol. The van der Waals surface area contributed by atoms with Gasteiger partial charge in [-0.1, -0.05) is 35.7 Å². The zero-order valence-electron chi connectivity index (χ0n) is 16.4. The van der Waals surface area contributed by atoms with Gasteiger partial charge in [-0.25, -0.2) is 4.39 Å². The van der Waals surface area contributed by atoms with Crippen molar-refractivity contribution in [1.29, 1.82) is 0 Å². The summed E-state index contributed by atoms with van der Waals surface area (Å²) in [6.07, 6.45) is 7.29. The molecule has 0 saturated carbocycles. The number of amides is 1. The van der Waals surface area contributed by atoms with Gasteiger partial charge in [-0.2, -0.15) is 0 Å². The van der Waals surface area contributed by atoms with Crippen molar-refractivity contribution in [3.05, 3.63) is 64.4 Å². The molecule has 1 amide bonds. The third-order valence-electron chi connectivity index (χ3n) is 3.94. The van der Waals surface area contributed by atoms with Crippen LogP contribution >= 0.6 is 11.6 Å². The van der Waals surface area contributed by atoms with Crippen LogP contribution in [-0.4, -0.2) is 32.8 Å². The number of rotatable bonds is 9. The Labute approximate surface area is 180 Å². The summed E-state index contributed by atoms with van der Waals surface area (Å²) in [5.74, 6) is 4.74. The lowest BCUT2D eigenvalue weighted by Gasteiger charge is -2.17. The molecule has 7 heteroatoms. The second kappa shape index (κ2) is 12.4. The molecule has 1 unspecified atom stereocenters. The molecule has 0 heterocycles. The van der Waals surface area contributed by atoms with Crippen molar-refractivity contribution in [2.24, 2.45) is 0 Å². The Bertz CT molecular complexity index is 944. The van der Waals surface area contributed by atoms with Crippen molar-refractivity contribution in [2.45, 2.75) is 12.5 Å². The van der Waals surface area contributed by atoms with E-state index in [2.05, 4.69) is 28.0 Å². The summed E-state index contributed by atoms with van der Waals surface area (Å²) in [6.45, 7) is 0.544. The second-order valence-corrected chi connectivity index (χ2v) is 6.43. The normalized spacial score (nSPS) is 10.9. The van der Waals surface area contributed by atoms with E-state index in [1.165, 1.54) is 25.3 Å². The predicted octanol–water partition coefficient (Wildman–Crippen LogP) is 3.52. The summed E-state index contributed by atoms with van der Waals surface area (Å²) in [6, 6.07) is 11.4. The van der Waals surface area contributed by atoms with E-state index in [1.54, 1.807) is 0 Å². The molecule has 1 atom stereocenters. The van der Waals surface area contributed by atoms with Gasteiger partial charge >= 0.3 is 0 Å². The van der Waals surface area contributed by atoms with E-state index in [0.717, 1.165) is 5.56 Å². The summed E-state index contributed by atoms with van der Waals surface area (Å²) in [5, 5.41) is 2.71. The highest BCUT2D eigenvalue weighted by atomic mass is 35.5. The Morgan fingerprint density at radius 3 is 2.67 bits per heavy atom.